The number of rotatable bonds is 4. The summed E-state index contributed by atoms with van der Waals surface area (Å²) in [5.74, 6) is -0.797. The molecule has 3 amide bonds. The number of fused-ring (bicyclic) bond motifs is 1. The molecule has 8 heteroatoms. The average molecular weight is 375 g/mol. The summed E-state index contributed by atoms with van der Waals surface area (Å²) in [7, 11) is 1.63. The summed E-state index contributed by atoms with van der Waals surface area (Å²) in [5.41, 5.74) is -0.522. The van der Waals surface area contributed by atoms with E-state index in [0.717, 1.165) is 25.7 Å². The third-order valence-corrected chi connectivity index (χ3v) is 5.58. The standard InChI is InChI=1S/C19H29N5O3/c1-12(2)20-16(25)14-10-15-17(26)23(4)19(3,11-24(15)22-14)18(27)21-13-8-6-5-7-9-13/h10,12-13H,5-9,11H2,1-4H3,(H,20,25)(H,21,27)/t19-/m0/s1. The lowest BCUT2D eigenvalue weighted by atomic mass is 9.92. The van der Waals surface area contributed by atoms with Gasteiger partial charge < -0.3 is 15.5 Å². The van der Waals surface area contributed by atoms with E-state index in [2.05, 4.69) is 15.7 Å². The molecule has 148 valence electrons. The average Bonchev–Trinajstić information content (AvgIpc) is 3.04. The van der Waals surface area contributed by atoms with Crippen LogP contribution in [0.1, 0.15) is 73.9 Å². The molecule has 1 aromatic heterocycles. The minimum absolute atomic E-state index is 0.0267. The molecule has 1 aliphatic heterocycles. The first-order valence-electron chi connectivity index (χ1n) is 9.70. The molecule has 2 heterocycles. The quantitative estimate of drug-likeness (QED) is 0.829. The Morgan fingerprint density at radius 3 is 2.56 bits per heavy atom. The van der Waals surface area contributed by atoms with E-state index in [4.69, 9.17) is 0 Å². The van der Waals surface area contributed by atoms with Gasteiger partial charge in [0.25, 0.3) is 11.8 Å². The van der Waals surface area contributed by atoms with Gasteiger partial charge in [0, 0.05) is 25.2 Å². The van der Waals surface area contributed by atoms with Crippen molar-refractivity contribution in [3.63, 3.8) is 0 Å². The van der Waals surface area contributed by atoms with E-state index in [0.29, 0.717) is 5.69 Å². The molecule has 0 spiro atoms. The van der Waals surface area contributed by atoms with Gasteiger partial charge in [-0.25, -0.2) is 0 Å². The zero-order valence-corrected chi connectivity index (χ0v) is 16.5. The van der Waals surface area contributed by atoms with Crippen molar-refractivity contribution in [2.45, 2.75) is 77.0 Å². The molecule has 1 saturated carbocycles. The first-order valence-corrected chi connectivity index (χ1v) is 9.70. The number of aromatic nitrogens is 2. The fourth-order valence-electron chi connectivity index (χ4n) is 3.76. The number of hydrogen-bond donors (Lipinski definition) is 2. The minimum atomic E-state index is -1.04. The van der Waals surface area contributed by atoms with E-state index in [1.807, 2.05) is 13.8 Å². The van der Waals surface area contributed by atoms with Crippen molar-refractivity contribution < 1.29 is 14.4 Å². The van der Waals surface area contributed by atoms with Crippen molar-refractivity contribution in [3.05, 3.63) is 17.5 Å². The van der Waals surface area contributed by atoms with Gasteiger partial charge in [-0.2, -0.15) is 5.10 Å². The lowest BCUT2D eigenvalue weighted by Gasteiger charge is -2.41. The maximum absolute atomic E-state index is 13.0. The summed E-state index contributed by atoms with van der Waals surface area (Å²) in [6, 6.07) is 1.63. The maximum Gasteiger partial charge on any atom is 0.272 e. The molecule has 1 atom stereocenters. The Balaban J connectivity index is 1.81. The van der Waals surface area contributed by atoms with E-state index < -0.39 is 5.54 Å². The molecule has 3 rings (SSSR count). The molecular formula is C19H29N5O3. The van der Waals surface area contributed by atoms with E-state index >= 15 is 0 Å². The fraction of sp³-hybridized carbons (Fsp3) is 0.684. The normalized spacial score (nSPS) is 23.3. The second-order valence-corrected chi connectivity index (χ2v) is 8.15. The smallest absolute Gasteiger partial charge is 0.272 e. The Bertz CT molecular complexity index is 751. The van der Waals surface area contributed by atoms with Crippen LogP contribution in [0.25, 0.3) is 0 Å². The van der Waals surface area contributed by atoms with Crippen molar-refractivity contribution in [1.82, 2.24) is 25.3 Å². The molecule has 1 aliphatic carbocycles. The fourth-order valence-corrected chi connectivity index (χ4v) is 3.76. The molecule has 0 unspecified atom stereocenters. The molecule has 0 aromatic carbocycles. The number of amides is 3. The van der Waals surface area contributed by atoms with Gasteiger partial charge in [0.15, 0.2) is 5.69 Å². The first kappa shape index (κ1) is 19.4. The molecule has 1 fully saturated rings. The number of nitrogens with one attached hydrogen (secondary N) is 2. The Labute approximate surface area is 159 Å². The zero-order valence-electron chi connectivity index (χ0n) is 16.5. The van der Waals surface area contributed by atoms with Gasteiger partial charge in [-0.3, -0.25) is 19.1 Å². The Hall–Kier alpha value is -2.38. The van der Waals surface area contributed by atoms with E-state index in [-0.39, 0.29) is 42.0 Å². The van der Waals surface area contributed by atoms with Crippen LogP contribution in [0.5, 0.6) is 0 Å². The molecule has 2 aliphatic rings. The van der Waals surface area contributed by atoms with Gasteiger partial charge in [-0.15, -0.1) is 0 Å². The molecule has 27 heavy (non-hydrogen) atoms. The molecule has 0 radical (unpaired) electrons. The number of carbonyl (C=O) groups excluding carboxylic acids is 3. The zero-order chi connectivity index (χ0) is 19.8. The topological polar surface area (TPSA) is 96.3 Å². The van der Waals surface area contributed by atoms with E-state index in [1.165, 1.54) is 22.1 Å². The molecule has 0 saturated heterocycles. The predicted molar refractivity (Wildman–Crippen MR) is 100 cm³/mol. The lowest BCUT2D eigenvalue weighted by Crippen LogP contribution is -2.63. The van der Waals surface area contributed by atoms with Gasteiger partial charge in [0.1, 0.15) is 11.2 Å². The summed E-state index contributed by atoms with van der Waals surface area (Å²) in [6.07, 6.45) is 5.40. The number of carbonyl (C=O) groups is 3. The lowest BCUT2D eigenvalue weighted by molar-refractivity contribution is -0.133. The van der Waals surface area contributed by atoms with E-state index in [9.17, 15) is 14.4 Å². The molecule has 8 nitrogen and oxygen atoms in total. The van der Waals surface area contributed by atoms with Crippen LogP contribution >= 0.6 is 0 Å². The van der Waals surface area contributed by atoms with Crippen LogP contribution in [0.15, 0.2) is 6.07 Å². The third-order valence-electron chi connectivity index (χ3n) is 5.58. The maximum atomic E-state index is 13.0. The summed E-state index contributed by atoms with van der Waals surface area (Å²) in [4.78, 5) is 39.5. The van der Waals surface area contributed by atoms with Crippen LogP contribution < -0.4 is 10.6 Å². The predicted octanol–water partition coefficient (Wildman–Crippen LogP) is 1.31. The number of hydrogen-bond acceptors (Lipinski definition) is 4. The largest absolute Gasteiger partial charge is 0.351 e. The Morgan fingerprint density at radius 1 is 1.26 bits per heavy atom. The monoisotopic (exact) mass is 375 g/mol. The second kappa shape index (κ2) is 7.32. The van der Waals surface area contributed by atoms with Gasteiger partial charge >= 0.3 is 0 Å². The van der Waals surface area contributed by atoms with Gasteiger partial charge in [0.05, 0.1) is 6.54 Å². The van der Waals surface area contributed by atoms with Crippen molar-refractivity contribution in [2.75, 3.05) is 7.05 Å². The van der Waals surface area contributed by atoms with Crippen LogP contribution in [0.2, 0.25) is 0 Å². The Morgan fingerprint density at radius 2 is 1.93 bits per heavy atom. The highest BCUT2D eigenvalue weighted by atomic mass is 16.2. The van der Waals surface area contributed by atoms with Crippen LogP contribution in [0, 0.1) is 0 Å². The van der Waals surface area contributed by atoms with Crippen LogP contribution in [-0.4, -0.2) is 57.1 Å². The second-order valence-electron chi connectivity index (χ2n) is 8.15. The molecule has 2 N–H and O–H groups in total. The highest BCUT2D eigenvalue weighted by Gasteiger charge is 2.46. The van der Waals surface area contributed by atoms with Gasteiger partial charge in [0.2, 0.25) is 5.91 Å². The van der Waals surface area contributed by atoms with Crippen LogP contribution in [0.3, 0.4) is 0 Å². The van der Waals surface area contributed by atoms with Gasteiger partial charge in [-0.1, -0.05) is 19.3 Å². The summed E-state index contributed by atoms with van der Waals surface area (Å²) in [6.45, 7) is 5.69. The number of nitrogens with zero attached hydrogens (tertiary/aromatic N) is 3. The third kappa shape index (κ3) is 3.70. The molecule has 0 bridgehead atoms. The first-order chi connectivity index (χ1) is 12.7. The van der Waals surface area contributed by atoms with Crippen LogP contribution in [-0.2, 0) is 11.3 Å². The molecular weight excluding hydrogens is 346 g/mol. The Kier molecular flexibility index (Phi) is 5.26. The summed E-state index contributed by atoms with van der Waals surface area (Å²) in [5, 5.41) is 10.2. The van der Waals surface area contributed by atoms with Crippen LogP contribution in [0.4, 0.5) is 0 Å². The SMILES string of the molecule is CC(C)NC(=O)c1cc2n(n1)C[C@@](C)(C(=O)NC1CCCCC1)N(C)C2=O. The minimum Gasteiger partial charge on any atom is -0.351 e. The summed E-state index contributed by atoms with van der Waals surface area (Å²) >= 11 is 0. The van der Waals surface area contributed by atoms with E-state index in [1.54, 1.807) is 14.0 Å². The van der Waals surface area contributed by atoms with Gasteiger partial charge in [-0.05, 0) is 33.6 Å². The molecule has 1 aromatic rings. The van der Waals surface area contributed by atoms with Crippen molar-refractivity contribution in [1.29, 1.82) is 0 Å². The highest BCUT2D eigenvalue weighted by Crippen LogP contribution is 2.27. The number of likely N-dealkylation sites (N-methyl/N-ethyl adjacent to an activating group) is 1. The van der Waals surface area contributed by atoms with Crippen molar-refractivity contribution in [3.8, 4) is 0 Å². The highest BCUT2D eigenvalue weighted by molar-refractivity contribution is 6.01. The summed E-state index contributed by atoms with van der Waals surface area (Å²) < 4.78 is 1.48. The van der Waals surface area contributed by atoms with Crippen molar-refractivity contribution >= 4 is 17.7 Å². The van der Waals surface area contributed by atoms with Crippen molar-refractivity contribution in [2.24, 2.45) is 0 Å².